The van der Waals surface area contributed by atoms with Crippen LogP contribution in [0.25, 0.3) is 0 Å². The van der Waals surface area contributed by atoms with Crippen molar-refractivity contribution in [2.45, 2.75) is 58.2 Å². The molecule has 0 saturated carbocycles. The van der Waals surface area contributed by atoms with E-state index in [4.69, 9.17) is 9.84 Å². The molecule has 79 valence electrons. The maximum absolute atomic E-state index is 8.69. The Labute approximate surface area is 82.3 Å². The van der Waals surface area contributed by atoms with Gasteiger partial charge in [-0.1, -0.05) is 45.4 Å². The topological polar surface area (TPSA) is 29.5 Å². The first-order chi connectivity index (χ1) is 6.27. The highest BCUT2D eigenvalue weighted by atomic mass is 16.6. The average molecular weight is 187 g/mol. The first-order valence-electron chi connectivity index (χ1n) is 5.40. The van der Waals surface area contributed by atoms with Crippen molar-refractivity contribution in [3.05, 3.63) is 6.92 Å². The molecule has 0 amide bonds. The van der Waals surface area contributed by atoms with E-state index in [1.165, 1.54) is 38.5 Å². The molecule has 2 nitrogen and oxygen atoms in total. The van der Waals surface area contributed by atoms with E-state index in [0.29, 0.717) is 6.61 Å². The molecular weight excluding hydrogens is 164 g/mol. The zero-order valence-electron chi connectivity index (χ0n) is 8.80. The molecule has 1 atom stereocenters. The van der Waals surface area contributed by atoms with E-state index in [1.54, 1.807) is 0 Å². The summed E-state index contributed by atoms with van der Waals surface area (Å²) in [6.07, 6.45) is 8.03. The Balaban J connectivity index is 2.84. The zero-order valence-corrected chi connectivity index (χ0v) is 8.80. The predicted octanol–water partition coefficient (Wildman–Crippen LogP) is 2.91. The fourth-order valence-corrected chi connectivity index (χ4v) is 1.28. The molecule has 0 spiro atoms. The fourth-order valence-electron chi connectivity index (χ4n) is 1.28. The number of hydrogen-bond acceptors (Lipinski definition) is 2. The molecule has 0 aromatic rings. The van der Waals surface area contributed by atoms with Crippen LogP contribution in [0.1, 0.15) is 51.9 Å². The third kappa shape index (κ3) is 11.9. The van der Waals surface area contributed by atoms with Gasteiger partial charge in [0.05, 0.1) is 0 Å². The quantitative estimate of drug-likeness (QED) is 0.444. The number of hydrogen-bond donors (Lipinski definition) is 1. The summed E-state index contributed by atoms with van der Waals surface area (Å²) in [5.41, 5.74) is 0. The number of unbranched alkanes of at least 4 members (excludes halogenated alkanes) is 6. The minimum atomic E-state index is -0.847. The van der Waals surface area contributed by atoms with Crippen LogP contribution in [0.15, 0.2) is 0 Å². The summed E-state index contributed by atoms with van der Waals surface area (Å²) >= 11 is 0. The van der Waals surface area contributed by atoms with E-state index in [-0.39, 0.29) is 0 Å². The third-order valence-corrected chi connectivity index (χ3v) is 2.06. The van der Waals surface area contributed by atoms with Crippen LogP contribution in [0, 0.1) is 6.92 Å². The highest BCUT2D eigenvalue weighted by Crippen LogP contribution is 2.06. The zero-order chi connectivity index (χ0) is 9.94. The second-order valence-corrected chi connectivity index (χ2v) is 3.45. The van der Waals surface area contributed by atoms with Gasteiger partial charge in [0.1, 0.15) is 0 Å². The standard InChI is InChI=1S/C11H23O2/c1-3-4-5-6-7-8-9-10-13-11(2)12/h11-12H,2-10H2,1H3. The lowest BCUT2D eigenvalue weighted by atomic mass is 10.1. The van der Waals surface area contributed by atoms with Gasteiger partial charge in [-0.2, -0.15) is 0 Å². The van der Waals surface area contributed by atoms with Crippen LogP contribution in [0.5, 0.6) is 0 Å². The summed E-state index contributed by atoms with van der Waals surface area (Å²) < 4.78 is 4.91. The van der Waals surface area contributed by atoms with Crippen LogP contribution >= 0.6 is 0 Å². The lowest BCUT2D eigenvalue weighted by Gasteiger charge is -2.05. The highest BCUT2D eigenvalue weighted by Gasteiger charge is 1.94. The largest absolute Gasteiger partial charge is 0.368 e. The van der Waals surface area contributed by atoms with E-state index < -0.39 is 6.29 Å². The van der Waals surface area contributed by atoms with Crippen molar-refractivity contribution in [1.82, 2.24) is 0 Å². The molecule has 0 fully saturated rings. The number of ether oxygens (including phenoxy) is 1. The van der Waals surface area contributed by atoms with E-state index in [9.17, 15) is 0 Å². The van der Waals surface area contributed by atoms with E-state index >= 15 is 0 Å². The first-order valence-corrected chi connectivity index (χ1v) is 5.40. The lowest BCUT2D eigenvalue weighted by molar-refractivity contribution is -0.0672. The van der Waals surface area contributed by atoms with Crippen molar-refractivity contribution in [3.63, 3.8) is 0 Å². The molecule has 13 heavy (non-hydrogen) atoms. The van der Waals surface area contributed by atoms with Gasteiger partial charge < -0.3 is 9.84 Å². The van der Waals surface area contributed by atoms with Gasteiger partial charge in [0.2, 0.25) is 0 Å². The van der Waals surface area contributed by atoms with Crippen LogP contribution in [0.3, 0.4) is 0 Å². The van der Waals surface area contributed by atoms with Gasteiger partial charge in [-0.05, 0) is 6.42 Å². The van der Waals surface area contributed by atoms with Crippen LogP contribution < -0.4 is 0 Å². The minimum Gasteiger partial charge on any atom is -0.368 e. The fraction of sp³-hybridized carbons (Fsp3) is 0.909. The molecule has 0 heterocycles. The molecule has 0 rings (SSSR count). The molecule has 1 unspecified atom stereocenters. The highest BCUT2D eigenvalue weighted by molar-refractivity contribution is 4.46. The van der Waals surface area contributed by atoms with Crippen LogP contribution in [-0.2, 0) is 4.74 Å². The normalized spacial score (nSPS) is 13.2. The monoisotopic (exact) mass is 187 g/mol. The summed E-state index contributed by atoms with van der Waals surface area (Å²) in [6, 6.07) is 0. The Morgan fingerprint density at radius 2 is 1.62 bits per heavy atom. The molecule has 1 N–H and O–H groups in total. The Morgan fingerprint density at radius 3 is 2.15 bits per heavy atom. The lowest BCUT2D eigenvalue weighted by Crippen LogP contribution is -2.07. The van der Waals surface area contributed by atoms with Crippen molar-refractivity contribution in [2.24, 2.45) is 0 Å². The SMILES string of the molecule is [CH2]C(O)OCCCCCCCCC. The molecule has 0 aromatic carbocycles. The number of aliphatic hydroxyl groups excluding tert-OH is 1. The van der Waals surface area contributed by atoms with Crippen molar-refractivity contribution in [3.8, 4) is 0 Å². The molecule has 0 saturated heterocycles. The van der Waals surface area contributed by atoms with Crippen molar-refractivity contribution in [1.29, 1.82) is 0 Å². The first kappa shape index (κ1) is 12.9. The summed E-state index contributed by atoms with van der Waals surface area (Å²) in [5.74, 6) is 0. The second kappa shape index (κ2) is 10.0. The third-order valence-electron chi connectivity index (χ3n) is 2.06. The Morgan fingerprint density at radius 1 is 1.08 bits per heavy atom. The molecule has 2 heteroatoms. The Hall–Kier alpha value is -0.0800. The van der Waals surface area contributed by atoms with Gasteiger partial charge in [-0.25, -0.2) is 0 Å². The second-order valence-electron chi connectivity index (χ2n) is 3.45. The van der Waals surface area contributed by atoms with Crippen molar-refractivity contribution in [2.75, 3.05) is 6.61 Å². The van der Waals surface area contributed by atoms with Crippen molar-refractivity contribution < 1.29 is 9.84 Å². The van der Waals surface area contributed by atoms with Gasteiger partial charge in [0.15, 0.2) is 6.29 Å². The predicted molar refractivity (Wildman–Crippen MR) is 55.3 cm³/mol. The molecule has 0 bridgehead atoms. The number of rotatable bonds is 9. The summed E-state index contributed by atoms with van der Waals surface area (Å²) in [4.78, 5) is 0. The van der Waals surface area contributed by atoms with E-state index in [1.807, 2.05) is 0 Å². The van der Waals surface area contributed by atoms with E-state index in [0.717, 1.165) is 6.42 Å². The van der Waals surface area contributed by atoms with Gasteiger partial charge in [-0.3, -0.25) is 0 Å². The van der Waals surface area contributed by atoms with Crippen LogP contribution in [0.4, 0.5) is 0 Å². The summed E-state index contributed by atoms with van der Waals surface area (Å²) in [5, 5.41) is 8.69. The molecule has 0 aliphatic heterocycles. The average Bonchev–Trinajstić information content (AvgIpc) is 2.09. The maximum Gasteiger partial charge on any atom is 0.154 e. The molecule has 0 aliphatic carbocycles. The molecule has 0 aromatic heterocycles. The van der Waals surface area contributed by atoms with E-state index in [2.05, 4.69) is 13.8 Å². The van der Waals surface area contributed by atoms with Gasteiger partial charge in [0, 0.05) is 13.5 Å². The smallest absolute Gasteiger partial charge is 0.154 e. The Bertz CT molecular complexity index is 92.1. The van der Waals surface area contributed by atoms with Gasteiger partial charge >= 0.3 is 0 Å². The Kier molecular flexibility index (Phi) is 9.94. The molecule has 1 radical (unpaired) electrons. The van der Waals surface area contributed by atoms with Crippen LogP contribution in [0.2, 0.25) is 0 Å². The van der Waals surface area contributed by atoms with Crippen LogP contribution in [-0.4, -0.2) is 18.0 Å². The molecular formula is C11H23O2. The van der Waals surface area contributed by atoms with Gasteiger partial charge in [0.25, 0.3) is 0 Å². The van der Waals surface area contributed by atoms with Gasteiger partial charge in [-0.15, -0.1) is 0 Å². The molecule has 0 aliphatic rings. The summed E-state index contributed by atoms with van der Waals surface area (Å²) in [6.45, 7) is 6.19. The number of aliphatic hydroxyl groups is 1. The summed E-state index contributed by atoms with van der Waals surface area (Å²) in [7, 11) is 0. The van der Waals surface area contributed by atoms with Crippen molar-refractivity contribution >= 4 is 0 Å². The maximum atomic E-state index is 8.69. The minimum absolute atomic E-state index is 0.637.